The second-order valence-corrected chi connectivity index (χ2v) is 4.55. The summed E-state index contributed by atoms with van der Waals surface area (Å²) in [6, 6.07) is 16.8. The summed E-state index contributed by atoms with van der Waals surface area (Å²) in [5, 5.41) is 0.805. The van der Waals surface area contributed by atoms with E-state index in [1.54, 1.807) is 0 Å². The highest BCUT2D eigenvalue weighted by atomic mass is 35.5. The summed E-state index contributed by atoms with van der Waals surface area (Å²) in [6.45, 7) is 2.13. The van der Waals surface area contributed by atoms with Crippen LogP contribution in [-0.2, 0) is 12.8 Å². The molecule has 0 spiro atoms. The Balaban J connectivity index is 1.99. The lowest BCUT2D eigenvalue weighted by Gasteiger charge is -2.03. The molecule has 0 saturated heterocycles. The largest absolute Gasteiger partial charge is 0.0843 e. The Morgan fingerprint density at radius 1 is 0.875 bits per heavy atom. The molecule has 0 unspecified atom stereocenters. The molecule has 0 N–H and O–H groups in total. The standard InChI is InChI=1S/C15H15Cl/c1-12-3-2-4-14(11-12)6-5-13-7-9-15(16)10-8-13/h2-4,7-11H,5-6H2,1H3. The van der Waals surface area contributed by atoms with E-state index in [-0.39, 0.29) is 0 Å². The van der Waals surface area contributed by atoms with Gasteiger partial charge in [0.15, 0.2) is 0 Å². The molecule has 0 atom stereocenters. The first-order chi connectivity index (χ1) is 7.74. The van der Waals surface area contributed by atoms with Gasteiger partial charge in [0.2, 0.25) is 0 Å². The maximum absolute atomic E-state index is 5.85. The maximum Gasteiger partial charge on any atom is 0.0406 e. The van der Waals surface area contributed by atoms with Crippen molar-refractivity contribution in [3.05, 3.63) is 70.2 Å². The van der Waals surface area contributed by atoms with E-state index in [2.05, 4.69) is 43.3 Å². The van der Waals surface area contributed by atoms with E-state index in [9.17, 15) is 0 Å². The van der Waals surface area contributed by atoms with Crippen LogP contribution in [0.5, 0.6) is 0 Å². The van der Waals surface area contributed by atoms with Crippen LogP contribution in [0, 0.1) is 6.92 Å². The molecule has 0 saturated carbocycles. The lowest BCUT2D eigenvalue weighted by molar-refractivity contribution is 0.958. The minimum absolute atomic E-state index is 0.805. The fraction of sp³-hybridized carbons (Fsp3) is 0.200. The van der Waals surface area contributed by atoms with Crippen LogP contribution in [0.25, 0.3) is 0 Å². The quantitative estimate of drug-likeness (QED) is 0.732. The van der Waals surface area contributed by atoms with Crippen molar-refractivity contribution in [1.82, 2.24) is 0 Å². The van der Waals surface area contributed by atoms with Gasteiger partial charge >= 0.3 is 0 Å². The van der Waals surface area contributed by atoms with Crippen LogP contribution in [0.2, 0.25) is 5.02 Å². The smallest absolute Gasteiger partial charge is 0.0406 e. The third-order valence-corrected chi connectivity index (χ3v) is 2.95. The first-order valence-electron chi connectivity index (χ1n) is 5.54. The third kappa shape index (κ3) is 3.11. The highest BCUT2D eigenvalue weighted by molar-refractivity contribution is 6.30. The molecule has 0 heterocycles. The molecular weight excluding hydrogens is 216 g/mol. The number of halogens is 1. The zero-order chi connectivity index (χ0) is 11.4. The van der Waals surface area contributed by atoms with Crippen LogP contribution in [0.3, 0.4) is 0 Å². The Hall–Kier alpha value is -1.27. The van der Waals surface area contributed by atoms with E-state index in [1.165, 1.54) is 16.7 Å². The summed E-state index contributed by atoms with van der Waals surface area (Å²) in [4.78, 5) is 0. The first kappa shape index (κ1) is 11.2. The summed E-state index contributed by atoms with van der Waals surface area (Å²) in [5.74, 6) is 0. The van der Waals surface area contributed by atoms with Gasteiger partial charge in [-0.05, 0) is 43.0 Å². The molecular formula is C15H15Cl. The Labute approximate surface area is 102 Å². The second kappa shape index (κ2) is 5.18. The van der Waals surface area contributed by atoms with E-state index in [0.29, 0.717) is 0 Å². The average Bonchev–Trinajstić information content (AvgIpc) is 2.28. The molecule has 2 aromatic carbocycles. The molecule has 0 aromatic heterocycles. The number of hydrogen-bond acceptors (Lipinski definition) is 0. The van der Waals surface area contributed by atoms with E-state index < -0.39 is 0 Å². The molecule has 2 aromatic rings. The molecule has 0 fully saturated rings. The van der Waals surface area contributed by atoms with E-state index in [1.807, 2.05) is 12.1 Å². The normalized spacial score (nSPS) is 10.4. The van der Waals surface area contributed by atoms with Gasteiger partial charge in [-0.2, -0.15) is 0 Å². The fourth-order valence-electron chi connectivity index (χ4n) is 1.81. The SMILES string of the molecule is Cc1cccc(CCc2ccc(Cl)cc2)c1. The van der Waals surface area contributed by atoms with Gasteiger partial charge in [-0.3, -0.25) is 0 Å². The monoisotopic (exact) mass is 230 g/mol. The molecule has 0 aliphatic heterocycles. The molecule has 0 bridgehead atoms. The van der Waals surface area contributed by atoms with Crippen LogP contribution in [-0.4, -0.2) is 0 Å². The van der Waals surface area contributed by atoms with Crippen molar-refractivity contribution >= 4 is 11.6 Å². The predicted octanol–water partition coefficient (Wildman–Crippen LogP) is 4.43. The summed E-state index contributed by atoms with van der Waals surface area (Å²) in [7, 11) is 0. The van der Waals surface area contributed by atoms with Gasteiger partial charge in [-0.1, -0.05) is 53.6 Å². The molecule has 82 valence electrons. The Morgan fingerprint density at radius 2 is 1.56 bits per heavy atom. The van der Waals surface area contributed by atoms with Crippen molar-refractivity contribution in [1.29, 1.82) is 0 Å². The van der Waals surface area contributed by atoms with Crippen molar-refractivity contribution in [2.75, 3.05) is 0 Å². The number of benzene rings is 2. The van der Waals surface area contributed by atoms with Gasteiger partial charge in [0.25, 0.3) is 0 Å². The average molecular weight is 231 g/mol. The Bertz CT molecular complexity index is 457. The van der Waals surface area contributed by atoms with Gasteiger partial charge in [-0.15, -0.1) is 0 Å². The lowest BCUT2D eigenvalue weighted by atomic mass is 10.0. The minimum Gasteiger partial charge on any atom is -0.0843 e. The Morgan fingerprint density at radius 3 is 2.25 bits per heavy atom. The topological polar surface area (TPSA) is 0 Å². The first-order valence-corrected chi connectivity index (χ1v) is 5.92. The van der Waals surface area contributed by atoms with E-state index >= 15 is 0 Å². The molecule has 0 aliphatic carbocycles. The minimum atomic E-state index is 0.805. The molecule has 1 heteroatoms. The summed E-state index contributed by atoms with van der Waals surface area (Å²) in [5.41, 5.74) is 4.06. The summed E-state index contributed by atoms with van der Waals surface area (Å²) in [6.07, 6.45) is 2.16. The molecule has 0 aliphatic rings. The van der Waals surface area contributed by atoms with Crippen molar-refractivity contribution in [2.45, 2.75) is 19.8 Å². The zero-order valence-electron chi connectivity index (χ0n) is 9.41. The van der Waals surface area contributed by atoms with Gasteiger partial charge in [0, 0.05) is 5.02 Å². The number of hydrogen-bond donors (Lipinski definition) is 0. The number of rotatable bonds is 3. The zero-order valence-corrected chi connectivity index (χ0v) is 10.2. The van der Waals surface area contributed by atoms with Crippen molar-refractivity contribution in [3.63, 3.8) is 0 Å². The van der Waals surface area contributed by atoms with Crippen LogP contribution >= 0.6 is 11.6 Å². The van der Waals surface area contributed by atoms with Gasteiger partial charge in [0.1, 0.15) is 0 Å². The lowest BCUT2D eigenvalue weighted by Crippen LogP contribution is -1.91. The van der Waals surface area contributed by atoms with Gasteiger partial charge in [-0.25, -0.2) is 0 Å². The predicted molar refractivity (Wildman–Crippen MR) is 70.0 cm³/mol. The molecule has 0 nitrogen and oxygen atoms in total. The maximum atomic E-state index is 5.85. The van der Waals surface area contributed by atoms with Crippen LogP contribution in [0.15, 0.2) is 48.5 Å². The van der Waals surface area contributed by atoms with E-state index in [4.69, 9.17) is 11.6 Å². The third-order valence-electron chi connectivity index (χ3n) is 2.70. The number of aryl methyl sites for hydroxylation is 3. The van der Waals surface area contributed by atoms with Crippen molar-refractivity contribution in [2.24, 2.45) is 0 Å². The van der Waals surface area contributed by atoms with Crippen molar-refractivity contribution < 1.29 is 0 Å². The van der Waals surface area contributed by atoms with Crippen LogP contribution in [0.4, 0.5) is 0 Å². The van der Waals surface area contributed by atoms with Crippen LogP contribution in [0.1, 0.15) is 16.7 Å². The molecule has 16 heavy (non-hydrogen) atoms. The van der Waals surface area contributed by atoms with Crippen molar-refractivity contribution in [3.8, 4) is 0 Å². The van der Waals surface area contributed by atoms with E-state index in [0.717, 1.165) is 17.9 Å². The van der Waals surface area contributed by atoms with Gasteiger partial charge < -0.3 is 0 Å². The highest BCUT2D eigenvalue weighted by Crippen LogP contribution is 2.12. The molecule has 0 amide bonds. The fourth-order valence-corrected chi connectivity index (χ4v) is 1.93. The van der Waals surface area contributed by atoms with Gasteiger partial charge in [0.05, 0.1) is 0 Å². The highest BCUT2D eigenvalue weighted by Gasteiger charge is 1.96. The Kier molecular flexibility index (Phi) is 3.63. The summed E-state index contributed by atoms with van der Waals surface area (Å²) < 4.78 is 0. The molecule has 0 radical (unpaired) electrons. The van der Waals surface area contributed by atoms with Crippen LogP contribution < -0.4 is 0 Å². The molecule has 2 rings (SSSR count). The second-order valence-electron chi connectivity index (χ2n) is 4.12. The summed E-state index contributed by atoms with van der Waals surface area (Å²) >= 11 is 5.85.